The summed E-state index contributed by atoms with van der Waals surface area (Å²) >= 11 is 4.90. The van der Waals surface area contributed by atoms with Gasteiger partial charge in [0.25, 0.3) is 11.2 Å². The number of nitrogens with zero attached hydrogens (tertiary/aromatic N) is 4. The zero-order valence-corrected chi connectivity index (χ0v) is 14.5. The normalized spacial score (nSPS) is 11.6. The van der Waals surface area contributed by atoms with Crippen LogP contribution in [0.4, 0.5) is 17.2 Å². The van der Waals surface area contributed by atoms with Gasteiger partial charge < -0.3 is 9.72 Å². The first-order valence-corrected chi connectivity index (χ1v) is 7.56. The topological polar surface area (TPSA) is 116 Å². The Morgan fingerprint density at radius 3 is 2.62 bits per heavy atom. The molecule has 0 unspecified atom stereocenters. The van der Waals surface area contributed by atoms with E-state index in [1.807, 2.05) is 20.8 Å². The third-order valence-corrected chi connectivity index (χ3v) is 3.21. The first-order valence-electron chi connectivity index (χ1n) is 7.15. The fourth-order valence-corrected chi connectivity index (χ4v) is 2.11. The van der Waals surface area contributed by atoms with Gasteiger partial charge >= 0.3 is 0 Å². The molecular weight excluding hydrogens is 330 g/mol. The van der Waals surface area contributed by atoms with E-state index < -0.39 is 5.56 Å². The molecule has 0 spiro atoms. The lowest BCUT2D eigenvalue weighted by Crippen LogP contribution is -2.11. The fourth-order valence-electron chi connectivity index (χ4n) is 1.92. The van der Waals surface area contributed by atoms with Gasteiger partial charge in [0, 0.05) is 5.69 Å². The molecule has 3 N–H and O–H groups in total. The van der Waals surface area contributed by atoms with Gasteiger partial charge in [-0.2, -0.15) is 5.10 Å². The molecule has 126 valence electrons. The third kappa shape index (κ3) is 3.57. The molecule has 0 saturated carbocycles. The van der Waals surface area contributed by atoms with Crippen molar-refractivity contribution in [2.24, 2.45) is 10.2 Å². The van der Waals surface area contributed by atoms with Crippen molar-refractivity contribution < 1.29 is 4.74 Å². The second-order valence-electron chi connectivity index (χ2n) is 5.85. The summed E-state index contributed by atoms with van der Waals surface area (Å²) in [7, 11) is 0. The van der Waals surface area contributed by atoms with Crippen LogP contribution >= 0.6 is 12.2 Å². The van der Waals surface area contributed by atoms with Crippen molar-refractivity contribution in [3.63, 3.8) is 0 Å². The summed E-state index contributed by atoms with van der Waals surface area (Å²) in [6.45, 7) is 15.3. The standard InChI is InChI=1S/C14H17N7O2S/c1-6-23-12-8(11(22)16-13(24)17-12)18-20-10-7(15-5)9(19-21-10)14(2,3)4/h6H2,1-4H3,(H,19,21)(H2,16,17,22,24). The van der Waals surface area contributed by atoms with Crippen LogP contribution < -0.4 is 10.3 Å². The number of aromatic amines is 3. The minimum Gasteiger partial charge on any atom is -0.478 e. The Morgan fingerprint density at radius 1 is 1.33 bits per heavy atom. The highest BCUT2D eigenvalue weighted by molar-refractivity contribution is 7.71. The van der Waals surface area contributed by atoms with E-state index in [0.717, 1.165) is 0 Å². The summed E-state index contributed by atoms with van der Waals surface area (Å²) in [4.78, 5) is 20.6. The van der Waals surface area contributed by atoms with E-state index in [0.29, 0.717) is 12.3 Å². The largest absolute Gasteiger partial charge is 0.478 e. The molecule has 10 heteroatoms. The highest BCUT2D eigenvalue weighted by Crippen LogP contribution is 2.37. The molecule has 2 rings (SSSR count). The van der Waals surface area contributed by atoms with Crippen molar-refractivity contribution in [2.75, 3.05) is 6.61 Å². The predicted molar refractivity (Wildman–Crippen MR) is 91.1 cm³/mol. The van der Waals surface area contributed by atoms with Crippen molar-refractivity contribution in [1.82, 2.24) is 20.2 Å². The van der Waals surface area contributed by atoms with Crippen LogP contribution in [0.15, 0.2) is 15.0 Å². The van der Waals surface area contributed by atoms with Gasteiger partial charge in [-0.3, -0.25) is 14.9 Å². The minimum atomic E-state index is -0.540. The SMILES string of the molecule is [C-]#[N+]c1c(N=Nc2c(OCC)[nH]c(=S)[nH]c2=O)n[nH]c1C(C)(C)C. The maximum Gasteiger partial charge on any atom is 0.283 e. The molecule has 2 heterocycles. The van der Waals surface area contributed by atoms with Crippen LogP contribution in [0.1, 0.15) is 33.4 Å². The molecule has 0 aliphatic carbocycles. The second-order valence-corrected chi connectivity index (χ2v) is 6.26. The number of aromatic nitrogens is 4. The van der Waals surface area contributed by atoms with Gasteiger partial charge in [0.2, 0.25) is 17.4 Å². The van der Waals surface area contributed by atoms with E-state index in [9.17, 15) is 4.79 Å². The molecule has 2 aromatic heterocycles. The van der Waals surface area contributed by atoms with Gasteiger partial charge in [0.05, 0.1) is 13.2 Å². The smallest absolute Gasteiger partial charge is 0.283 e. The van der Waals surface area contributed by atoms with Crippen LogP contribution in [0.25, 0.3) is 4.85 Å². The average Bonchev–Trinajstić information content (AvgIpc) is 2.89. The monoisotopic (exact) mass is 347 g/mol. The first-order chi connectivity index (χ1) is 11.3. The molecule has 9 nitrogen and oxygen atoms in total. The molecular formula is C14H17N7O2S. The number of ether oxygens (including phenoxy) is 1. The molecule has 0 aromatic carbocycles. The summed E-state index contributed by atoms with van der Waals surface area (Å²) in [6, 6.07) is 0. The molecule has 0 saturated heterocycles. The van der Waals surface area contributed by atoms with E-state index in [-0.39, 0.29) is 33.3 Å². The van der Waals surface area contributed by atoms with Crippen molar-refractivity contribution in [3.8, 4) is 5.88 Å². The van der Waals surface area contributed by atoms with Crippen LogP contribution in [-0.4, -0.2) is 26.8 Å². The molecule has 0 radical (unpaired) electrons. The lowest BCUT2D eigenvalue weighted by Gasteiger charge is -2.16. The Bertz CT molecular complexity index is 924. The van der Waals surface area contributed by atoms with Gasteiger partial charge in [-0.15, -0.1) is 10.2 Å². The van der Waals surface area contributed by atoms with E-state index >= 15 is 0 Å². The van der Waals surface area contributed by atoms with E-state index in [2.05, 4.69) is 35.2 Å². The Hall–Kier alpha value is -2.80. The Kier molecular flexibility index (Phi) is 4.94. The number of hydrogen-bond acceptors (Lipinski definition) is 6. The number of rotatable bonds is 4. The van der Waals surface area contributed by atoms with Crippen LogP contribution in [0.3, 0.4) is 0 Å². The van der Waals surface area contributed by atoms with E-state index in [4.69, 9.17) is 23.5 Å². The number of nitrogens with one attached hydrogen (secondary N) is 3. The fraction of sp³-hybridized carbons (Fsp3) is 0.429. The predicted octanol–water partition coefficient (Wildman–Crippen LogP) is 3.82. The van der Waals surface area contributed by atoms with Crippen molar-refractivity contribution in [3.05, 3.63) is 32.2 Å². The van der Waals surface area contributed by atoms with Gasteiger partial charge in [0.15, 0.2) is 4.77 Å². The van der Waals surface area contributed by atoms with Crippen molar-refractivity contribution in [2.45, 2.75) is 33.1 Å². The molecule has 0 atom stereocenters. The second kappa shape index (κ2) is 6.76. The van der Waals surface area contributed by atoms with E-state index in [1.54, 1.807) is 6.92 Å². The lowest BCUT2D eigenvalue weighted by atomic mass is 9.91. The summed E-state index contributed by atoms with van der Waals surface area (Å²) in [5.41, 5.74) is 0.0118. The summed E-state index contributed by atoms with van der Waals surface area (Å²) in [5.74, 6) is 0.227. The average molecular weight is 347 g/mol. The van der Waals surface area contributed by atoms with Crippen molar-refractivity contribution >= 4 is 29.4 Å². The number of H-pyrrole nitrogens is 3. The molecule has 0 aliphatic rings. The summed E-state index contributed by atoms with van der Waals surface area (Å²) in [5, 5.41) is 14.6. The lowest BCUT2D eigenvalue weighted by molar-refractivity contribution is 0.326. The Balaban J connectivity index is 2.51. The maximum atomic E-state index is 12.0. The molecule has 0 bridgehead atoms. The molecule has 0 aliphatic heterocycles. The van der Waals surface area contributed by atoms with Gasteiger partial charge in [-0.25, -0.2) is 4.85 Å². The van der Waals surface area contributed by atoms with Crippen molar-refractivity contribution in [1.29, 1.82) is 0 Å². The van der Waals surface area contributed by atoms with Gasteiger partial charge in [-0.1, -0.05) is 20.8 Å². The molecule has 0 fully saturated rings. The maximum absolute atomic E-state index is 12.0. The van der Waals surface area contributed by atoms with Crippen LogP contribution in [-0.2, 0) is 5.41 Å². The Labute approximate surface area is 143 Å². The molecule has 24 heavy (non-hydrogen) atoms. The number of hydrogen-bond donors (Lipinski definition) is 3. The minimum absolute atomic E-state index is 0.0679. The molecule has 0 amide bonds. The number of azo groups is 1. The zero-order valence-electron chi connectivity index (χ0n) is 13.7. The van der Waals surface area contributed by atoms with Crippen LogP contribution in [0, 0.1) is 11.3 Å². The van der Waals surface area contributed by atoms with Gasteiger partial charge in [-0.05, 0) is 24.6 Å². The van der Waals surface area contributed by atoms with E-state index in [1.165, 1.54) is 0 Å². The van der Waals surface area contributed by atoms with Crippen LogP contribution in [0.2, 0.25) is 0 Å². The Morgan fingerprint density at radius 2 is 2.04 bits per heavy atom. The quantitative estimate of drug-likeness (QED) is 0.443. The highest BCUT2D eigenvalue weighted by atomic mass is 32.1. The van der Waals surface area contributed by atoms with Gasteiger partial charge in [0.1, 0.15) is 0 Å². The third-order valence-electron chi connectivity index (χ3n) is 3.00. The summed E-state index contributed by atoms with van der Waals surface area (Å²) in [6.07, 6.45) is 0. The van der Waals surface area contributed by atoms with Crippen LogP contribution in [0.5, 0.6) is 5.88 Å². The first kappa shape index (κ1) is 17.6. The molecule has 2 aromatic rings. The zero-order chi connectivity index (χ0) is 17.9. The highest BCUT2D eigenvalue weighted by Gasteiger charge is 2.24. The summed E-state index contributed by atoms with van der Waals surface area (Å²) < 4.78 is 5.44.